The molecule has 1 heterocycles. The minimum absolute atomic E-state index is 0.0363. The van der Waals surface area contributed by atoms with E-state index in [1.807, 2.05) is 20.8 Å². The zero-order chi connectivity index (χ0) is 26.9. The number of carbonyl (C=O) groups is 2. The van der Waals surface area contributed by atoms with Crippen LogP contribution in [-0.4, -0.2) is 43.2 Å². The average molecular weight is 518 g/mol. The average Bonchev–Trinajstić information content (AvgIpc) is 2.77. The van der Waals surface area contributed by atoms with E-state index >= 15 is 0 Å². The monoisotopic (exact) mass is 518 g/mol. The summed E-state index contributed by atoms with van der Waals surface area (Å²) in [5, 5.41) is 2.09. The second-order valence-electron chi connectivity index (χ2n) is 9.18. The summed E-state index contributed by atoms with van der Waals surface area (Å²) in [6, 6.07) is 5.13. The number of ether oxygens (including phenoxy) is 2. The van der Waals surface area contributed by atoms with Gasteiger partial charge in [-0.15, -0.1) is 0 Å². The summed E-state index contributed by atoms with van der Waals surface area (Å²) < 4.78 is 89.8. The molecule has 0 saturated carbocycles. The fraction of sp³-hybridized carbons (Fsp3) is 0.417. The molecule has 12 heteroatoms. The highest BCUT2D eigenvalue weighted by Crippen LogP contribution is 2.38. The van der Waals surface area contributed by atoms with Gasteiger partial charge in [-0.05, 0) is 41.3 Å². The predicted molar refractivity (Wildman–Crippen MR) is 118 cm³/mol. The summed E-state index contributed by atoms with van der Waals surface area (Å²) in [6.45, 7) is 6.62. The quantitative estimate of drug-likeness (QED) is 0.499. The van der Waals surface area contributed by atoms with Gasteiger partial charge in [0.15, 0.2) is 0 Å². The number of anilines is 1. The Bertz CT molecular complexity index is 1100. The predicted octanol–water partition coefficient (Wildman–Crippen LogP) is 6.11. The van der Waals surface area contributed by atoms with E-state index < -0.39 is 46.6 Å². The van der Waals surface area contributed by atoms with Gasteiger partial charge in [0.05, 0.1) is 29.9 Å². The molecule has 0 atom stereocenters. The zero-order valence-electron chi connectivity index (χ0n) is 19.6. The lowest BCUT2D eigenvalue weighted by molar-refractivity contribution is -0.143. The SMILES string of the molecule is CC(C)(C)c1ccc(OC(=O)N2CCOCC2)c(C(=O)Nc2cc(C(F)(F)F)cc(C(F)(F)F)c2)c1. The number of rotatable bonds is 3. The molecular formula is C24H24F6N2O4. The first kappa shape index (κ1) is 27.3. The van der Waals surface area contributed by atoms with Crippen LogP contribution in [0.2, 0.25) is 0 Å². The number of morpholine rings is 1. The number of benzene rings is 2. The second kappa shape index (κ2) is 10.00. The number of nitrogens with zero attached hydrogens (tertiary/aromatic N) is 1. The van der Waals surface area contributed by atoms with Gasteiger partial charge in [-0.3, -0.25) is 4.79 Å². The van der Waals surface area contributed by atoms with E-state index in [4.69, 9.17) is 9.47 Å². The molecule has 196 valence electrons. The van der Waals surface area contributed by atoms with Gasteiger partial charge in [0, 0.05) is 18.8 Å². The van der Waals surface area contributed by atoms with Crippen LogP contribution in [0.4, 0.5) is 36.8 Å². The number of halogens is 6. The Balaban J connectivity index is 1.99. The number of hydrogen-bond acceptors (Lipinski definition) is 4. The Hall–Kier alpha value is -3.28. The van der Waals surface area contributed by atoms with Crippen LogP contribution in [0.15, 0.2) is 36.4 Å². The fourth-order valence-corrected chi connectivity index (χ4v) is 3.39. The van der Waals surface area contributed by atoms with Gasteiger partial charge in [0.2, 0.25) is 0 Å². The van der Waals surface area contributed by atoms with Gasteiger partial charge in [-0.2, -0.15) is 26.3 Å². The maximum atomic E-state index is 13.2. The summed E-state index contributed by atoms with van der Waals surface area (Å²) in [6.07, 6.45) is -10.9. The van der Waals surface area contributed by atoms with E-state index in [1.54, 1.807) is 6.07 Å². The van der Waals surface area contributed by atoms with Crippen molar-refractivity contribution in [3.05, 3.63) is 58.7 Å². The minimum atomic E-state index is -5.08. The Morgan fingerprint density at radius 2 is 1.42 bits per heavy atom. The van der Waals surface area contributed by atoms with Crippen LogP contribution >= 0.6 is 0 Å². The molecule has 1 saturated heterocycles. The van der Waals surface area contributed by atoms with Crippen molar-refractivity contribution in [1.82, 2.24) is 4.90 Å². The lowest BCUT2D eigenvalue weighted by Gasteiger charge is -2.26. The highest BCUT2D eigenvalue weighted by molar-refractivity contribution is 6.06. The summed E-state index contributed by atoms with van der Waals surface area (Å²) in [5.41, 5.74) is -3.94. The summed E-state index contributed by atoms with van der Waals surface area (Å²) in [5.74, 6) is -1.24. The van der Waals surface area contributed by atoms with Crippen LogP contribution in [0, 0.1) is 0 Å². The summed E-state index contributed by atoms with van der Waals surface area (Å²) in [7, 11) is 0. The molecule has 2 aromatic rings. The van der Waals surface area contributed by atoms with E-state index in [2.05, 4.69) is 5.32 Å². The van der Waals surface area contributed by atoms with Crippen LogP contribution < -0.4 is 10.1 Å². The maximum absolute atomic E-state index is 13.2. The van der Waals surface area contributed by atoms with Crippen molar-refractivity contribution in [2.24, 2.45) is 0 Å². The number of alkyl halides is 6. The van der Waals surface area contributed by atoms with Crippen molar-refractivity contribution in [1.29, 1.82) is 0 Å². The first-order chi connectivity index (χ1) is 16.6. The maximum Gasteiger partial charge on any atom is 0.416 e. The molecule has 36 heavy (non-hydrogen) atoms. The minimum Gasteiger partial charge on any atom is -0.409 e. The second-order valence-corrected chi connectivity index (χ2v) is 9.18. The topological polar surface area (TPSA) is 67.9 Å². The van der Waals surface area contributed by atoms with E-state index in [1.165, 1.54) is 17.0 Å². The number of nitrogens with one attached hydrogen (secondary N) is 1. The van der Waals surface area contributed by atoms with E-state index in [-0.39, 0.29) is 30.5 Å². The highest BCUT2D eigenvalue weighted by Gasteiger charge is 2.37. The molecule has 2 amide bonds. The van der Waals surface area contributed by atoms with Crippen LogP contribution in [0.25, 0.3) is 0 Å². The molecule has 6 nitrogen and oxygen atoms in total. The van der Waals surface area contributed by atoms with Crippen molar-refractivity contribution >= 4 is 17.7 Å². The lowest BCUT2D eigenvalue weighted by Crippen LogP contribution is -2.42. The lowest BCUT2D eigenvalue weighted by atomic mass is 9.86. The normalized spacial score (nSPS) is 15.0. The van der Waals surface area contributed by atoms with Crippen LogP contribution in [0.3, 0.4) is 0 Å². The van der Waals surface area contributed by atoms with E-state index in [0.29, 0.717) is 30.9 Å². The Kier molecular flexibility index (Phi) is 7.58. The van der Waals surface area contributed by atoms with Crippen molar-refractivity contribution in [3.8, 4) is 5.75 Å². The van der Waals surface area contributed by atoms with E-state index in [0.717, 1.165) is 0 Å². The van der Waals surface area contributed by atoms with Gasteiger partial charge < -0.3 is 19.7 Å². The molecule has 0 radical (unpaired) electrons. The van der Waals surface area contributed by atoms with Crippen LogP contribution in [-0.2, 0) is 22.5 Å². The van der Waals surface area contributed by atoms with Crippen molar-refractivity contribution in [2.45, 2.75) is 38.5 Å². The van der Waals surface area contributed by atoms with Gasteiger partial charge in [0.25, 0.3) is 5.91 Å². The molecular weight excluding hydrogens is 494 g/mol. The third-order valence-electron chi connectivity index (χ3n) is 5.40. The number of amides is 2. The standard InChI is InChI=1S/C24H24F6N2O4/c1-22(2,3)14-4-5-19(36-21(34)32-6-8-35-9-7-32)18(13-14)20(33)31-17-11-15(23(25,26)27)10-16(12-17)24(28,29)30/h4-5,10-13H,6-9H2,1-3H3,(H,31,33). The van der Waals surface area contributed by atoms with Gasteiger partial charge in [-0.1, -0.05) is 26.8 Å². The van der Waals surface area contributed by atoms with Crippen molar-refractivity contribution < 1.29 is 45.4 Å². The zero-order valence-corrected chi connectivity index (χ0v) is 19.6. The highest BCUT2D eigenvalue weighted by atomic mass is 19.4. The Labute approximate surface area is 203 Å². The fourth-order valence-electron chi connectivity index (χ4n) is 3.39. The number of hydrogen-bond donors (Lipinski definition) is 1. The molecule has 1 aliphatic rings. The van der Waals surface area contributed by atoms with Crippen molar-refractivity contribution in [2.75, 3.05) is 31.6 Å². The van der Waals surface area contributed by atoms with Gasteiger partial charge >= 0.3 is 18.4 Å². The van der Waals surface area contributed by atoms with Gasteiger partial charge in [0.1, 0.15) is 5.75 Å². The summed E-state index contributed by atoms with van der Waals surface area (Å²) >= 11 is 0. The first-order valence-electron chi connectivity index (χ1n) is 10.9. The smallest absolute Gasteiger partial charge is 0.409 e. The third kappa shape index (κ3) is 6.68. The molecule has 0 aromatic heterocycles. The molecule has 1 N–H and O–H groups in total. The molecule has 2 aromatic carbocycles. The summed E-state index contributed by atoms with van der Waals surface area (Å²) in [4.78, 5) is 27.0. The Morgan fingerprint density at radius 1 is 0.861 bits per heavy atom. The van der Waals surface area contributed by atoms with Crippen LogP contribution in [0.5, 0.6) is 5.75 Å². The molecule has 0 unspecified atom stereocenters. The van der Waals surface area contributed by atoms with Crippen molar-refractivity contribution in [3.63, 3.8) is 0 Å². The van der Waals surface area contributed by atoms with Gasteiger partial charge in [-0.25, -0.2) is 4.79 Å². The first-order valence-corrected chi connectivity index (χ1v) is 10.9. The largest absolute Gasteiger partial charge is 0.416 e. The number of carbonyl (C=O) groups excluding carboxylic acids is 2. The molecule has 3 rings (SSSR count). The third-order valence-corrected chi connectivity index (χ3v) is 5.40. The van der Waals surface area contributed by atoms with Crippen LogP contribution in [0.1, 0.15) is 47.8 Å². The van der Waals surface area contributed by atoms with E-state index in [9.17, 15) is 35.9 Å². The molecule has 0 spiro atoms. The Morgan fingerprint density at radius 3 is 1.92 bits per heavy atom. The molecule has 1 aliphatic heterocycles. The molecule has 1 fully saturated rings. The molecule has 0 aliphatic carbocycles. The molecule has 0 bridgehead atoms.